The minimum Gasteiger partial charge on any atom is -0.451 e. The summed E-state index contributed by atoms with van der Waals surface area (Å²) >= 11 is 12.0. The molecule has 122 valence electrons. The van der Waals surface area contributed by atoms with Gasteiger partial charge in [-0.15, -0.1) is 0 Å². The molecule has 0 aliphatic carbocycles. The highest BCUT2D eigenvalue weighted by Crippen LogP contribution is 2.31. The molecular formula is C16H16Cl2N2O3. The second-order valence-corrected chi connectivity index (χ2v) is 6.04. The maximum atomic E-state index is 12.0. The van der Waals surface area contributed by atoms with Crippen molar-refractivity contribution in [2.75, 3.05) is 6.54 Å². The lowest BCUT2D eigenvalue weighted by molar-refractivity contribution is -0.120. The van der Waals surface area contributed by atoms with E-state index < -0.39 is 5.91 Å². The average Bonchev–Trinajstić information content (AvgIpc) is 2.96. The van der Waals surface area contributed by atoms with Crippen LogP contribution in [0.1, 0.15) is 24.4 Å². The molecular weight excluding hydrogens is 339 g/mol. The standard InChI is InChI=1S/C16H16Cl2N2O3/c1-9(2)20-15(21)8-19-16(22)14-6-5-13(23-14)11-7-10(17)3-4-12(11)18/h3-7,9H,8H2,1-2H3,(H,19,22)(H,20,21). The van der Waals surface area contributed by atoms with Crippen molar-refractivity contribution in [1.82, 2.24) is 10.6 Å². The van der Waals surface area contributed by atoms with Crippen molar-refractivity contribution in [1.29, 1.82) is 0 Å². The van der Waals surface area contributed by atoms with Crippen LogP contribution in [-0.2, 0) is 4.79 Å². The number of halogens is 2. The third kappa shape index (κ3) is 4.74. The molecule has 0 saturated carbocycles. The predicted molar refractivity (Wildman–Crippen MR) is 89.8 cm³/mol. The number of carbonyl (C=O) groups is 2. The lowest BCUT2D eigenvalue weighted by Crippen LogP contribution is -2.39. The van der Waals surface area contributed by atoms with Crippen molar-refractivity contribution in [2.24, 2.45) is 0 Å². The van der Waals surface area contributed by atoms with Crippen molar-refractivity contribution >= 4 is 35.0 Å². The molecule has 0 radical (unpaired) electrons. The molecule has 1 heterocycles. The van der Waals surface area contributed by atoms with Crippen LogP contribution in [0.4, 0.5) is 0 Å². The van der Waals surface area contributed by atoms with Crippen molar-refractivity contribution in [3.8, 4) is 11.3 Å². The first-order valence-electron chi connectivity index (χ1n) is 6.99. The van der Waals surface area contributed by atoms with Gasteiger partial charge in [0.1, 0.15) is 5.76 Å². The number of benzene rings is 1. The Morgan fingerprint density at radius 3 is 2.61 bits per heavy atom. The molecule has 23 heavy (non-hydrogen) atoms. The molecule has 7 heteroatoms. The van der Waals surface area contributed by atoms with E-state index in [1.165, 1.54) is 6.07 Å². The summed E-state index contributed by atoms with van der Waals surface area (Å²) in [7, 11) is 0. The van der Waals surface area contributed by atoms with Crippen LogP contribution in [0, 0.1) is 0 Å². The topological polar surface area (TPSA) is 71.3 Å². The monoisotopic (exact) mass is 354 g/mol. The Kier molecular flexibility index (Phi) is 5.69. The smallest absolute Gasteiger partial charge is 0.287 e. The van der Waals surface area contributed by atoms with Gasteiger partial charge in [0.2, 0.25) is 5.91 Å². The maximum Gasteiger partial charge on any atom is 0.287 e. The Hall–Kier alpha value is -1.98. The van der Waals surface area contributed by atoms with Crippen LogP contribution in [0.3, 0.4) is 0 Å². The highest BCUT2D eigenvalue weighted by molar-refractivity contribution is 6.35. The SMILES string of the molecule is CC(C)NC(=O)CNC(=O)c1ccc(-c2cc(Cl)ccc2Cl)o1. The van der Waals surface area contributed by atoms with Gasteiger partial charge in [0.25, 0.3) is 5.91 Å². The largest absolute Gasteiger partial charge is 0.451 e. The van der Waals surface area contributed by atoms with Gasteiger partial charge in [-0.25, -0.2) is 0 Å². The number of rotatable bonds is 5. The van der Waals surface area contributed by atoms with Gasteiger partial charge < -0.3 is 15.1 Å². The van der Waals surface area contributed by atoms with Crippen LogP contribution in [-0.4, -0.2) is 24.4 Å². The van der Waals surface area contributed by atoms with E-state index in [2.05, 4.69) is 10.6 Å². The molecule has 0 fully saturated rings. The zero-order chi connectivity index (χ0) is 17.0. The van der Waals surface area contributed by atoms with Crippen molar-refractivity contribution in [3.05, 3.63) is 46.1 Å². The molecule has 0 aliphatic rings. The van der Waals surface area contributed by atoms with E-state index in [1.54, 1.807) is 24.3 Å². The van der Waals surface area contributed by atoms with Gasteiger partial charge >= 0.3 is 0 Å². The Morgan fingerprint density at radius 1 is 1.17 bits per heavy atom. The molecule has 0 unspecified atom stereocenters. The molecule has 2 rings (SSSR count). The fraction of sp³-hybridized carbons (Fsp3) is 0.250. The Balaban J connectivity index is 2.05. The Bertz CT molecular complexity index is 726. The summed E-state index contributed by atoms with van der Waals surface area (Å²) in [5.41, 5.74) is 0.593. The minimum absolute atomic E-state index is 0.0135. The highest BCUT2D eigenvalue weighted by atomic mass is 35.5. The van der Waals surface area contributed by atoms with Gasteiger partial charge in [-0.3, -0.25) is 9.59 Å². The number of hydrogen-bond acceptors (Lipinski definition) is 3. The zero-order valence-electron chi connectivity index (χ0n) is 12.7. The first kappa shape index (κ1) is 17.4. The predicted octanol–water partition coefficient (Wildman–Crippen LogP) is 3.51. The molecule has 2 amide bonds. The molecule has 0 bridgehead atoms. The third-order valence-corrected chi connectivity index (χ3v) is 3.45. The van der Waals surface area contributed by atoms with Crippen molar-refractivity contribution in [3.63, 3.8) is 0 Å². The van der Waals surface area contributed by atoms with Crippen molar-refractivity contribution < 1.29 is 14.0 Å². The van der Waals surface area contributed by atoms with Gasteiger partial charge in [-0.1, -0.05) is 23.2 Å². The number of furan rings is 1. The van der Waals surface area contributed by atoms with E-state index in [0.717, 1.165) is 0 Å². The summed E-state index contributed by atoms with van der Waals surface area (Å²) < 4.78 is 5.49. The summed E-state index contributed by atoms with van der Waals surface area (Å²) in [6, 6.07) is 8.12. The van der Waals surface area contributed by atoms with E-state index in [-0.39, 0.29) is 24.3 Å². The molecule has 0 saturated heterocycles. The van der Waals surface area contributed by atoms with E-state index in [0.29, 0.717) is 21.4 Å². The molecule has 0 atom stereocenters. The van der Waals surface area contributed by atoms with Crippen LogP contribution in [0.2, 0.25) is 10.0 Å². The van der Waals surface area contributed by atoms with Gasteiger partial charge in [-0.05, 0) is 44.2 Å². The second-order valence-electron chi connectivity index (χ2n) is 5.19. The highest BCUT2D eigenvalue weighted by Gasteiger charge is 2.15. The molecule has 0 spiro atoms. The molecule has 5 nitrogen and oxygen atoms in total. The van der Waals surface area contributed by atoms with E-state index >= 15 is 0 Å². The van der Waals surface area contributed by atoms with Gasteiger partial charge in [-0.2, -0.15) is 0 Å². The zero-order valence-corrected chi connectivity index (χ0v) is 14.2. The summed E-state index contributed by atoms with van der Waals surface area (Å²) in [6.07, 6.45) is 0. The third-order valence-electron chi connectivity index (χ3n) is 2.88. The van der Waals surface area contributed by atoms with Crippen LogP contribution < -0.4 is 10.6 Å². The number of hydrogen-bond donors (Lipinski definition) is 2. The second kappa shape index (κ2) is 7.53. The van der Waals surface area contributed by atoms with E-state index in [9.17, 15) is 9.59 Å². The van der Waals surface area contributed by atoms with E-state index in [4.69, 9.17) is 27.6 Å². The summed E-state index contributed by atoms with van der Waals surface area (Å²) in [5.74, 6) is -0.228. The Morgan fingerprint density at radius 2 is 1.91 bits per heavy atom. The molecule has 0 aliphatic heterocycles. The van der Waals surface area contributed by atoms with Gasteiger partial charge in [0.05, 0.1) is 11.6 Å². The maximum absolute atomic E-state index is 12.0. The van der Waals surface area contributed by atoms with Crippen molar-refractivity contribution in [2.45, 2.75) is 19.9 Å². The lowest BCUT2D eigenvalue weighted by Gasteiger charge is -2.08. The fourth-order valence-electron chi connectivity index (χ4n) is 1.91. The van der Waals surface area contributed by atoms with Crippen LogP contribution in [0.15, 0.2) is 34.7 Å². The molecule has 2 N–H and O–H groups in total. The molecule has 1 aromatic carbocycles. The summed E-state index contributed by atoms with van der Waals surface area (Å²) in [5, 5.41) is 6.15. The summed E-state index contributed by atoms with van der Waals surface area (Å²) in [4.78, 5) is 23.5. The van der Waals surface area contributed by atoms with Crippen LogP contribution in [0.5, 0.6) is 0 Å². The molecule has 1 aromatic heterocycles. The first-order valence-corrected chi connectivity index (χ1v) is 7.75. The Labute approximate surface area is 144 Å². The average molecular weight is 355 g/mol. The fourth-order valence-corrected chi connectivity index (χ4v) is 2.29. The summed E-state index contributed by atoms with van der Waals surface area (Å²) in [6.45, 7) is 3.56. The van der Waals surface area contributed by atoms with E-state index in [1.807, 2.05) is 13.8 Å². The molecule has 2 aromatic rings. The number of nitrogens with one attached hydrogen (secondary N) is 2. The first-order chi connectivity index (χ1) is 10.9. The number of carbonyl (C=O) groups excluding carboxylic acids is 2. The normalized spacial score (nSPS) is 10.7. The number of amides is 2. The quantitative estimate of drug-likeness (QED) is 0.862. The minimum atomic E-state index is -0.478. The van der Waals surface area contributed by atoms with Gasteiger partial charge in [0, 0.05) is 16.6 Å². The lowest BCUT2D eigenvalue weighted by atomic mass is 10.2. The van der Waals surface area contributed by atoms with Crippen LogP contribution in [0.25, 0.3) is 11.3 Å². The van der Waals surface area contributed by atoms with Crippen LogP contribution >= 0.6 is 23.2 Å². The van der Waals surface area contributed by atoms with Gasteiger partial charge in [0.15, 0.2) is 5.76 Å².